The van der Waals surface area contributed by atoms with E-state index in [-0.39, 0.29) is 11.6 Å². The van der Waals surface area contributed by atoms with Gasteiger partial charge in [-0.05, 0) is 51.1 Å². The van der Waals surface area contributed by atoms with E-state index in [0.29, 0.717) is 0 Å². The van der Waals surface area contributed by atoms with Gasteiger partial charge in [0.15, 0.2) is 0 Å². The molecule has 4 heteroatoms. The van der Waals surface area contributed by atoms with Gasteiger partial charge in [-0.2, -0.15) is 0 Å². The van der Waals surface area contributed by atoms with Crippen molar-refractivity contribution in [2.75, 3.05) is 14.1 Å². The summed E-state index contributed by atoms with van der Waals surface area (Å²) in [5.74, 6) is 5.90. The number of nitrogens with one attached hydrogen (secondary N) is 1. The molecule has 1 aromatic carbocycles. The highest BCUT2D eigenvalue weighted by molar-refractivity contribution is 6.30. The molecule has 0 heterocycles. The second kappa shape index (κ2) is 6.90. The van der Waals surface area contributed by atoms with Gasteiger partial charge in [0.2, 0.25) is 0 Å². The predicted molar refractivity (Wildman–Crippen MR) is 85.8 cm³/mol. The van der Waals surface area contributed by atoms with Crippen molar-refractivity contribution >= 4 is 11.6 Å². The van der Waals surface area contributed by atoms with Crippen molar-refractivity contribution in [2.24, 2.45) is 5.84 Å². The van der Waals surface area contributed by atoms with Crippen LogP contribution >= 0.6 is 11.6 Å². The molecular formula is C16H26ClN3. The molecule has 1 fully saturated rings. The third-order valence-corrected chi connectivity index (χ3v) is 5.06. The maximum atomic E-state index is 5.96. The van der Waals surface area contributed by atoms with Crippen LogP contribution in [-0.4, -0.2) is 30.6 Å². The van der Waals surface area contributed by atoms with Gasteiger partial charge in [0.1, 0.15) is 0 Å². The summed E-state index contributed by atoms with van der Waals surface area (Å²) in [4.78, 5) is 2.37. The Morgan fingerprint density at radius 3 is 2.30 bits per heavy atom. The molecule has 0 aliphatic heterocycles. The van der Waals surface area contributed by atoms with Crippen molar-refractivity contribution in [1.82, 2.24) is 10.3 Å². The molecule has 0 aromatic heterocycles. The Kier molecular flexibility index (Phi) is 5.44. The summed E-state index contributed by atoms with van der Waals surface area (Å²) >= 11 is 5.96. The Balaban J connectivity index is 2.18. The summed E-state index contributed by atoms with van der Waals surface area (Å²) in [5.41, 5.74) is 4.52. The lowest BCUT2D eigenvalue weighted by Crippen LogP contribution is -2.62. The summed E-state index contributed by atoms with van der Waals surface area (Å²) in [6.45, 7) is 0. The Bertz CT molecular complexity index is 410. The van der Waals surface area contributed by atoms with Crippen molar-refractivity contribution in [1.29, 1.82) is 0 Å². The summed E-state index contributed by atoms with van der Waals surface area (Å²) in [6.07, 6.45) is 7.28. The maximum Gasteiger partial charge on any atom is 0.0434 e. The van der Waals surface area contributed by atoms with Crippen LogP contribution in [0.5, 0.6) is 0 Å². The minimum absolute atomic E-state index is 0.159. The van der Waals surface area contributed by atoms with E-state index in [1.807, 2.05) is 12.1 Å². The Morgan fingerprint density at radius 2 is 1.80 bits per heavy atom. The van der Waals surface area contributed by atoms with Gasteiger partial charge in [0.25, 0.3) is 0 Å². The van der Waals surface area contributed by atoms with Crippen molar-refractivity contribution in [3.63, 3.8) is 0 Å². The van der Waals surface area contributed by atoms with Crippen LogP contribution in [0.25, 0.3) is 0 Å². The van der Waals surface area contributed by atoms with E-state index < -0.39 is 0 Å². The van der Waals surface area contributed by atoms with E-state index in [4.69, 9.17) is 17.4 Å². The first-order chi connectivity index (χ1) is 9.58. The lowest BCUT2D eigenvalue weighted by Gasteiger charge is -2.48. The van der Waals surface area contributed by atoms with Crippen molar-refractivity contribution in [3.05, 3.63) is 34.9 Å². The number of likely N-dealkylation sites (N-methyl/N-ethyl adjacent to an activating group) is 1. The van der Waals surface area contributed by atoms with Crippen molar-refractivity contribution < 1.29 is 0 Å². The first-order valence-corrected chi connectivity index (χ1v) is 7.84. The molecule has 2 rings (SSSR count). The van der Waals surface area contributed by atoms with Crippen LogP contribution in [0.15, 0.2) is 24.3 Å². The summed E-state index contributed by atoms with van der Waals surface area (Å²) < 4.78 is 0. The molecule has 0 radical (unpaired) electrons. The molecule has 112 valence electrons. The van der Waals surface area contributed by atoms with Crippen LogP contribution in [0.3, 0.4) is 0 Å². The van der Waals surface area contributed by atoms with Crippen LogP contribution in [0.1, 0.15) is 37.7 Å². The van der Waals surface area contributed by atoms with Crippen LogP contribution in [0, 0.1) is 0 Å². The van der Waals surface area contributed by atoms with Crippen molar-refractivity contribution in [2.45, 2.75) is 50.1 Å². The molecule has 3 N–H and O–H groups in total. The van der Waals surface area contributed by atoms with Gasteiger partial charge in [-0.25, -0.2) is 0 Å². The molecule has 0 saturated heterocycles. The molecule has 1 aliphatic rings. The fourth-order valence-corrected chi connectivity index (χ4v) is 3.66. The summed E-state index contributed by atoms with van der Waals surface area (Å²) in [5, 5.41) is 0.783. The zero-order chi connectivity index (χ0) is 14.6. The molecule has 1 aliphatic carbocycles. The highest BCUT2D eigenvalue weighted by Gasteiger charge is 2.41. The normalized spacial score (nSPS) is 20.1. The molecule has 20 heavy (non-hydrogen) atoms. The molecule has 1 aromatic rings. The molecule has 1 saturated carbocycles. The standard InChI is InChI=1S/C16H26ClN3/c1-20(2)16(10-4-3-5-11-16)15(19-18)12-13-6-8-14(17)9-7-13/h6-9,15,19H,3-5,10-12,18H2,1-2H3. The first-order valence-electron chi connectivity index (χ1n) is 7.46. The van der Waals surface area contributed by atoms with Crippen molar-refractivity contribution in [3.8, 4) is 0 Å². The number of halogens is 1. The van der Waals surface area contributed by atoms with E-state index in [1.54, 1.807) is 0 Å². The molecule has 3 nitrogen and oxygen atoms in total. The van der Waals surface area contributed by atoms with Gasteiger partial charge >= 0.3 is 0 Å². The summed E-state index contributed by atoms with van der Waals surface area (Å²) in [7, 11) is 4.36. The molecule has 1 unspecified atom stereocenters. The van der Waals surface area contributed by atoms with Gasteiger partial charge in [-0.3, -0.25) is 11.3 Å². The minimum atomic E-state index is 0.159. The third-order valence-electron chi connectivity index (χ3n) is 4.81. The number of hydrazine groups is 1. The number of benzene rings is 1. The highest BCUT2D eigenvalue weighted by atomic mass is 35.5. The lowest BCUT2D eigenvalue weighted by atomic mass is 9.73. The topological polar surface area (TPSA) is 41.3 Å². The van der Waals surface area contributed by atoms with Gasteiger partial charge in [-0.15, -0.1) is 0 Å². The fourth-order valence-electron chi connectivity index (χ4n) is 3.53. The smallest absolute Gasteiger partial charge is 0.0434 e. The zero-order valence-electron chi connectivity index (χ0n) is 12.5. The van der Waals surface area contributed by atoms with Gasteiger partial charge in [-0.1, -0.05) is 43.0 Å². The van der Waals surface area contributed by atoms with Gasteiger partial charge in [0, 0.05) is 16.6 Å². The molecule has 0 spiro atoms. The number of hydrogen-bond donors (Lipinski definition) is 2. The van der Waals surface area contributed by atoms with Crippen LogP contribution in [-0.2, 0) is 6.42 Å². The monoisotopic (exact) mass is 295 g/mol. The van der Waals surface area contributed by atoms with E-state index >= 15 is 0 Å². The SMILES string of the molecule is CN(C)C1(C(Cc2ccc(Cl)cc2)NN)CCCCC1. The fraction of sp³-hybridized carbons (Fsp3) is 0.625. The van der Waals surface area contributed by atoms with Gasteiger partial charge < -0.3 is 4.90 Å². The maximum absolute atomic E-state index is 5.96. The van der Waals surface area contributed by atoms with Crippen LogP contribution in [0.2, 0.25) is 5.02 Å². The third kappa shape index (κ3) is 3.34. The number of nitrogens with two attached hydrogens (primary N) is 1. The zero-order valence-corrected chi connectivity index (χ0v) is 13.3. The largest absolute Gasteiger partial charge is 0.302 e. The molecule has 1 atom stereocenters. The van der Waals surface area contributed by atoms with E-state index in [0.717, 1.165) is 11.4 Å². The number of rotatable bonds is 5. The molecule has 0 bridgehead atoms. The Labute approximate surface area is 127 Å². The minimum Gasteiger partial charge on any atom is -0.302 e. The quantitative estimate of drug-likeness (QED) is 0.648. The average Bonchev–Trinajstić information content (AvgIpc) is 2.47. The lowest BCUT2D eigenvalue weighted by molar-refractivity contribution is 0.0569. The Hall–Kier alpha value is -0.610. The number of nitrogens with zero attached hydrogens (tertiary/aromatic N) is 1. The Morgan fingerprint density at radius 1 is 1.20 bits per heavy atom. The van der Waals surface area contributed by atoms with E-state index in [1.165, 1.54) is 37.7 Å². The molecule has 0 amide bonds. The second-order valence-corrected chi connectivity index (χ2v) is 6.54. The molecular weight excluding hydrogens is 270 g/mol. The van der Waals surface area contributed by atoms with E-state index in [2.05, 4.69) is 36.6 Å². The highest BCUT2D eigenvalue weighted by Crippen LogP contribution is 2.36. The van der Waals surface area contributed by atoms with Crippen LogP contribution < -0.4 is 11.3 Å². The van der Waals surface area contributed by atoms with Crippen LogP contribution in [0.4, 0.5) is 0 Å². The number of hydrogen-bond acceptors (Lipinski definition) is 3. The first kappa shape index (κ1) is 15.8. The van der Waals surface area contributed by atoms with E-state index in [9.17, 15) is 0 Å². The summed E-state index contributed by atoms with van der Waals surface area (Å²) in [6, 6.07) is 8.36. The second-order valence-electron chi connectivity index (χ2n) is 6.11. The predicted octanol–water partition coefficient (Wildman–Crippen LogP) is 2.98. The van der Waals surface area contributed by atoms with Gasteiger partial charge in [0.05, 0.1) is 0 Å². The average molecular weight is 296 g/mol.